The van der Waals surface area contributed by atoms with E-state index in [1.165, 1.54) is 16.0 Å². The molecule has 3 rings (SSSR count). The molecule has 2 N–H and O–H groups in total. The molecule has 2 atom stereocenters. The fourth-order valence-corrected chi connectivity index (χ4v) is 3.89. The minimum atomic E-state index is 0.103. The maximum atomic E-state index is 6.37. The maximum Gasteiger partial charge on any atom is 0.132 e. The molecule has 0 heterocycles. The summed E-state index contributed by atoms with van der Waals surface area (Å²) in [5.41, 5.74) is 9.03. The van der Waals surface area contributed by atoms with Crippen LogP contribution < -0.4 is 10.5 Å². The van der Waals surface area contributed by atoms with Crippen molar-refractivity contribution >= 4 is 11.8 Å². The number of hydrogen-bond donors (Lipinski definition) is 1. The number of benzene rings is 2. The van der Waals surface area contributed by atoms with Crippen molar-refractivity contribution in [3.63, 3.8) is 0 Å². The predicted octanol–water partition coefficient (Wildman–Crippen LogP) is 3.41. The van der Waals surface area contributed by atoms with E-state index in [2.05, 4.69) is 30.3 Å². The Balaban J connectivity index is 1.83. The second kappa shape index (κ2) is 5.27. The van der Waals surface area contributed by atoms with Gasteiger partial charge in [0, 0.05) is 16.2 Å². The highest BCUT2D eigenvalue weighted by atomic mass is 32.2. The normalized spacial score (nSPS) is 21.2. The van der Waals surface area contributed by atoms with E-state index >= 15 is 0 Å². The smallest absolute Gasteiger partial charge is 0.132 e. The largest absolute Gasteiger partial charge is 0.496 e. The molecule has 0 bridgehead atoms. The lowest BCUT2D eigenvalue weighted by Crippen LogP contribution is -2.18. The van der Waals surface area contributed by atoms with Gasteiger partial charge in [-0.3, -0.25) is 0 Å². The van der Waals surface area contributed by atoms with Gasteiger partial charge in [0.05, 0.1) is 7.11 Å². The molecular weight excluding hydrogens is 254 g/mol. The molecule has 3 heteroatoms. The zero-order valence-electron chi connectivity index (χ0n) is 10.9. The van der Waals surface area contributed by atoms with Crippen molar-refractivity contribution in [1.82, 2.24) is 0 Å². The van der Waals surface area contributed by atoms with Gasteiger partial charge in [0.2, 0.25) is 0 Å². The third-order valence-corrected chi connectivity index (χ3v) is 4.94. The van der Waals surface area contributed by atoms with Gasteiger partial charge in [0.15, 0.2) is 0 Å². The summed E-state index contributed by atoms with van der Waals surface area (Å²) in [4.78, 5) is 1.17. The molecule has 2 aromatic carbocycles. The van der Waals surface area contributed by atoms with Gasteiger partial charge in [-0.1, -0.05) is 36.4 Å². The number of hydrogen-bond acceptors (Lipinski definition) is 3. The van der Waals surface area contributed by atoms with Crippen LogP contribution in [0.3, 0.4) is 0 Å². The predicted molar refractivity (Wildman–Crippen MR) is 79.7 cm³/mol. The Hall–Kier alpha value is -1.45. The van der Waals surface area contributed by atoms with Crippen LogP contribution in [0.15, 0.2) is 53.4 Å². The molecule has 1 aliphatic carbocycles. The highest BCUT2D eigenvalue weighted by Gasteiger charge is 2.30. The summed E-state index contributed by atoms with van der Waals surface area (Å²) in [6.45, 7) is 0. The van der Waals surface area contributed by atoms with E-state index in [1.807, 2.05) is 30.0 Å². The quantitative estimate of drug-likeness (QED) is 0.929. The van der Waals surface area contributed by atoms with Crippen molar-refractivity contribution in [2.75, 3.05) is 7.11 Å². The fourth-order valence-electron chi connectivity index (χ4n) is 2.58. The molecule has 19 heavy (non-hydrogen) atoms. The summed E-state index contributed by atoms with van der Waals surface area (Å²) < 4.78 is 5.41. The SMILES string of the molecule is COc1ccccc1SC1Cc2ccccc2C1N. The number of nitrogens with two attached hydrogens (primary N) is 1. The van der Waals surface area contributed by atoms with E-state index in [-0.39, 0.29) is 6.04 Å². The average molecular weight is 271 g/mol. The molecular formula is C16H17NOS. The molecule has 0 saturated heterocycles. The molecule has 1 aliphatic rings. The Morgan fingerprint density at radius 2 is 1.84 bits per heavy atom. The lowest BCUT2D eigenvalue weighted by molar-refractivity contribution is 0.404. The van der Waals surface area contributed by atoms with Gasteiger partial charge in [-0.15, -0.1) is 11.8 Å². The van der Waals surface area contributed by atoms with Crippen LogP contribution in [0.5, 0.6) is 5.75 Å². The van der Waals surface area contributed by atoms with E-state index in [4.69, 9.17) is 10.5 Å². The van der Waals surface area contributed by atoms with Crippen molar-refractivity contribution in [3.05, 3.63) is 59.7 Å². The number of ether oxygens (including phenoxy) is 1. The number of methoxy groups -OCH3 is 1. The van der Waals surface area contributed by atoms with Crippen LogP contribution in [0.2, 0.25) is 0 Å². The first-order chi connectivity index (χ1) is 9.29. The number of rotatable bonds is 3. The lowest BCUT2D eigenvalue weighted by Gasteiger charge is -2.17. The summed E-state index contributed by atoms with van der Waals surface area (Å²) >= 11 is 1.82. The molecule has 98 valence electrons. The summed E-state index contributed by atoms with van der Waals surface area (Å²) in [5, 5.41) is 0.383. The van der Waals surface area contributed by atoms with Crippen molar-refractivity contribution in [1.29, 1.82) is 0 Å². The Bertz CT molecular complexity index is 584. The summed E-state index contributed by atoms with van der Waals surface area (Å²) in [5.74, 6) is 0.927. The van der Waals surface area contributed by atoms with Crippen LogP contribution >= 0.6 is 11.8 Å². The Labute approximate surface area is 118 Å². The fraction of sp³-hybridized carbons (Fsp3) is 0.250. The Kier molecular flexibility index (Phi) is 3.49. The van der Waals surface area contributed by atoms with E-state index in [0.29, 0.717) is 5.25 Å². The maximum absolute atomic E-state index is 6.37. The van der Waals surface area contributed by atoms with Gasteiger partial charge in [-0.05, 0) is 29.7 Å². The molecule has 0 aliphatic heterocycles. The Morgan fingerprint density at radius 1 is 1.11 bits per heavy atom. The molecule has 0 amide bonds. The topological polar surface area (TPSA) is 35.2 Å². The van der Waals surface area contributed by atoms with E-state index in [0.717, 1.165) is 12.2 Å². The van der Waals surface area contributed by atoms with Crippen LogP contribution in [0.25, 0.3) is 0 Å². The van der Waals surface area contributed by atoms with Crippen LogP contribution in [-0.4, -0.2) is 12.4 Å². The first-order valence-corrected chi connectivity index (χ1v) is 7.30. The monoisotopic (exact) mass is 271 g/mol. The number of thioether (sulfide) groups is 1. The summed E-state index contributed by atoms with van der Waals surface area (Å²) in [7, 11) is 1.71. The number of para-hydroxylation sites is 1. The molecule has 2 unspecified atom stereocenters. The molecule has 2 nitrogen and oxygen atoms in total. The molecule has 0 fully saturated rings. The minimum Gasteiger partial charge on any atom is -0.496 e. The highest BCUT2D eigenvalue weighted by Crippen LogP contribution is 2.42. The molecule has 0 saturated carbocycles. The zero-order valence-corrected chi connectivity index (χ0v) is 11.7. The molecule has 0 aromatic heterocycles. The van der Waals surface area contributed by atoms with Gasteiger partial charge in [0.1, 0.15) is 5.75 Å². The second-order valence-electron chi connectivity index (χ2n) is 4.74. The second-order valence-corrected chi connectivity index (χ2v) is 6.02. The summed E-state index contributed by atoms with van der Waals surface area (Å²) in [6.07, 6.45) is 1.03. The van der Waals surface area contributed by atoms with Crippen molar-refractivity contribution < 1.29 is 4.74 Å². The molecule has 0 spiro atoms. The van der Waals surface area contributed by atoms with Crippen molar-refractivity contribution in [2.45, 2.75) is 22.6 Å². The van der Waals surface area contributed by atoms with E-state index in [9.17, 15) is 0 Å². The third kappa shape index (κ3) is 2.36. The van der Waals surface area contributed by atoms with Gasteiger partial charge < -0.3 is 10.5 Å². The van der Waals surface area contributed by atoms with Gasteiger partial charge in [-0.25, -0.2) is 0 Å². The lowest BCUT2D eigenvalue weighted by atomic mass is 10.1. The van der Waals surface area contributed by atoms with Crippen molar-refractivity contribution in [2.24, 2.45) is 5.73 Å². The van der Waals surface area contributed by atoms with Crippen molar-refractivity contribution in [3.8, 4) is 5.75 Å². The van der Waals surface area contributed by atoms with Gasteiger partial charge >= 0.3 is 0 Å². The van der Waals surface area contributed by atoms with Gasteiger partial charge in [-0.2, -0.15) is 0 Å². The Morgan fingerprint density at radius 3 is 2.63 bits per heavy atom. The first kappa shape index (κ1) is 12.6. The van der Waals surface area contributed by atoms with Crippen LogP contribution in [0.1, 0.15) is 17.2 Å². The van der Waals surface area contributed by atoms with E-state index < -0.39 is 0 Å². The molecule has 0 radical (unpaired) electrons. The zero-order chi connectivity index (χ0) is 13.2. The standard InChI is InChI=1S/C16H17NOS/c1-18-13-8-4-5-9-14(13)19-15-10-11-6-2-3-7-12(11)16(15)17/h2-9,15-16H,10,17H2,1H3. The van der Waals surface area contributed by atoms with E-state index in [1.54, 1.807) is 7.11 Å². The minimum absolute atomic E-state index is 0.103. The van der Waals surface area contributed by atoms with Crippen LogP contribution in [0, 0.1) is 0 Å². The highest BCUT2D eigenvalue weighted by molar-refractivity contribution is 8.00. The average Bonchev–Trinajstić information content (AvgIpc) is 2.77. The van der Waals surface area contributed by atoms with Crippen LogP contribution in [0.4, 0.5) is 0 Å². The molecule has 2 aromatic rings. The first-order valence-electron chi connectivity index (χ1n) is 6.42. The third-order valence-electron chi connectivity index (χ3n) is 3.58. The number of fused-ring (bicyclic) bond motifs is 1. The van der Waals surface area contributed by atoms with Gasteiger partial charge in [0.25, 0.3) is 0 Å². The summed E-state index contributed by atoms with van der Waals surface area (Å²) in [6, 6.07) is 16.7. The van der Waals surface area contributed by atoms with Crippen LogP contribution in [-0.2, 0) is 6.42 Å².